The fourth-order valence-corrected chi connectivity index (χ4v) is 1.82. The van der Waals surface area contributed by atoms with Crippen molar-refractivity contribution in [3.63, 3.8) is 0 Å². The number of hydrogen-bond donors (Lipinski definition) is 0. The number of nitro benzene ring substituents is 1. The number of fused-ring (bicyclic) bond motifs is 2. The van der Waals surface area contributed by atoms with Crippen LogP contribution in [0.5, 0.6) is 0 Å². The lowest BCUT2D eigenvalue weighted by molar-refractivity contribution is -0.384. The van der Waals surface area contributed by atoms with E-state index in [-0.39, 0.29) is 10.6 Å². The van der Waals surface area contributed by atoms with E-state index in [2.05, 4.69) is 0 Å². The van der Waals surface area contributed by atoms with Gasteiger partial charge in [0.1, 0.15) is 5.76 Å². The highest BCUT2D eigenvalue weighted by Gasteiger charge is 2.33. The smallest absolute Gasteiger partial charge is 0.270 e. The largest absolute Gasteiger partial charge is 0.454 e. The minimum absolute atomic E-state index is 0.132. The van der Waals surface area contributed by atoms with E-state index in [0.29, 0.717) is 0 Å². The van der Waals surface area contributed by atoms with Crippen molar-refractivity contribution in [1.82, 2.24) is 0 Å². The predicted molar refractivity (Wildman–Crippen MR) is 49.4 cm³/mol. The molecule has 1 heterocycles. The molecule has 0 amide bonds. The number of hydrogen-bond acceptors (Lipinski definition) is 3. The maximum absolute atomic E-state index is 10.6. The second-order valence-electron chi connectivity index (χ2n) is 3.45. The van der Waals surface area contributed by atoms with E-state index < -0.39 is 0 Å². The molecule has 0 aromatic heterocycles. The third-order valence-corrected chi connectivity index (χ3v) is 2.61. The molecule has 70 valence electrons. The zero-order valence-electron chi connectivity index (χ0n) is 7.32. The molecule has 3 rings (SSSR count). The molecule has 2 aliphatic rings. The number of rotatable bonds is 1. The zero-order chi connectivity index (χ0) is 9.71. The molecule has 14 heavy (non-hydrogen) atoms. The van der Waals surface area contributed by atoms with Crippen LogP contribution in [0.3, 0.4) is 0 Å². The van der Waals surface area contributed by atoms with Gasteiger partial charge in [-0.25, -0.2) is 0 Å². The van der Waals surface area contributed by atoms with Gasteiger partial charge in [-0.3, -0.25) is 10.1 Å². The second-order valence-corrected chi connectivity index (χ2v) is 3.45. The number of allylic oxidation sites excluding steroid dienone is 1. The highest BCUT2D eigenvalue weighted by molar-refractivity contribution is 5.77. The summed E-state index contributed by atoms with van der Waals surface area (Å²) in [5, 5.41) is 10.6. The average Bonchev–Trinajstić information content (AvgIpc) is 2.95. The van der Waals surface area contributed by atoms with Crippen LogP contribution in [0.2, 0.25) is 0 Å². The summed E-state index contributed by atoms with van der Waals surface area (Å²) in [7, 11) is 0. The van der Waals surface area contributed by atoms with Crippen LogP contribution in [-0.2, 0) is 11.2 Å². The fraction of sp³-hybridized carbons (Fsp3) is 0.200. The van der Waals surface area contributed by atoms with E-state index in [1.54, 1.807) is 12.1 Å². The van der Waals surface area contributed by atoms with Gasteiger partial charge in [0.15, 0.2) is 5.76 Å². The third-order valence-electron chi connectivity index (χ3n) is 2.61. The minimum Gasteiger partial charge on any atom is -0.454 e. The summed E-state index contributed by atoms with van der Waals surface area (Å²) in [5.74, 6) is 1.85. The van der Waals surface area contributed by atoms with E-state index in [0.717, 1.165) is 35.5 Å². The van der Waals surface area contributed by atoms with Crippen LogP contribution < -0.4 is 0 Å². The van der Waals surface area contributed by atoms with Gasteiger partial charge in [-0.2, -0.15) is 0 Å². The summed E-state index contributed by atoms with van der Waals surface area (Å²) in [4.78, 5) is 10.2. The van der Waals surface area contributed by atoms with Crippen molar-refractivity contribution in [3.05, 3.63) is 45.2 Å². The number of ether oxygens (including phenoxy) is 1. The van der Waals surface area contributed by atoms with Gasteiger partial charge in [0.05, 0.1) is 4.92 Å². The molecule has 0 spiro atoms. The summed E-state index contributed by atoms with van der Waals surface area (Å²) in [6, 6.07) is 4.96. The Morgan fingerprint density at radius 3 is 3.00 bits per heavy atom. The Kier molecular flexibility index (Phi) is 1.27. The molecule has 0 fully saturated rings. The Morgan fingerprint density at radius 1 is 1.36 bits per heavy atom. The van der Waals surface area contributed by atoms with Crippen molar-refractivity contribution in [3.8, 4) is 0 Å². The van der Waals surface area contributed by atoms with Crippen LogP contribution in [0.25, 0.3) is 5.76 Å². The highest BCUT2D eigenvalue weighted by Crippen LogP contribution is 2.45. The number of aryl methyl sites for hydroxylation is 1. The summed E-state index contributed by atoms with van der Waals surface area (Å²) in [5.41, 5.74) is 2.18. The molecule has 0 radical (unpaired) electrons. The van der Waals surface area contributed by atoms with Crippen molar-refractivity contribution in [2.24, 2.45) is 0 Å². The minimum atomic E-state index is -0.377. The Morgan fingerprint density at radius 2 is 2.21 bits per heavy atom. The van der Waals surface area contributed by atoms with Gasteiger partial charge >= 0.3 is 0 Å². The number of nitro groups is 1. The van der Waals surface area contributed by atoms with Gasteiger partial charge in [0.2, 0.25) is 0 Å². The lowest BCUT2D eigenvalue weighted by atomic mass is 9.97. The number of nitrogens with zero attached hydrogens (tertiary/aromatic N) is 1. The van der Waals surface area contributed by atoms with Gasteiger partial charge in [-0.1, -0.05) is 6.07 Å². The zero-order valence-corrected chi connectivity index (χ0v) is 7.32. The van der Waals surface area contributed by atoms with Crippen molar-refractivity contribution in [2.45, 2.75) is 12.8 Å². The molecular formula is C10H7NO3. The number of non-ortho nitro benzene ring substituents is 1. The normalized spacial score (nSPS) is 16.9. The topological polar surface area (TPSA) is 55.7 Å². The standard InChI is InChI=1S/C10H7NO3/c12-11(13)7-3-1-6-2-4-9-10(14-9)8(6)5-7/h1,3,5H,2,4H2. The highest BCUT2D eigenvalue weighted by atomic mass is 16.6. The van der Waals surface area contributed by atoms with E-state index in [9.17, 15) is 10.1 Å². The first kappa shape index (κ1) is 7.55. The average molecular weight is 189 g/mol. The van der Waals surface area contributed by atoms with Crippen molar-refractivity contribution in [1.29, 1.82) is 0 Å². The lowest BCUT2D eigenvalue weighted by Gasteiger charge is -2.04. The first-order chi connectivity index (χ1) is 6.75. The van der Waals surface area contributed by atoms with E-state index in [4.69, 9.17) is 4.74 Å². The molecule has 1 aliphatic heterocycles. The maximum Gasteiger partial charge on any atom is 0.270 e. The van der Waals surface area contributed by atoms with Gasteiger partial charge < -0.3 is 4.74 Å². The van der Waals surface area contributed by atoms with Crippen molar-refractivity contribution >= 4 is 11.4 Å². The van der Waals surface area contributed by atoms with Gasteiger partial charge in [0, 0.05) is 24.1 Å². The molecule has 1 aromatic rings. The monoisotopic (exact) mass is 189 g/mol. The summed E-state index contributed by atoms with van der Waals surface area (Å²) in [6.45, 7) is 0. The first-order valence-corrected chi connectivity index (χ1v) is 4.44. The third kappa shape index (κ3) is 0.937. The second kappa shape index (κ2) is 2.35. The molecule has 0 saturated heterocycles. The van der Waals surface area contributed by atoms with Crippen LogP contribution in [-0.4, -0.2) is 4.92 Å². The molecule has 0 unspecified atom stereocenters. The Balaban J connectivity index is 2.15. The van der Waals surface area contributed by atoms with Crippen LogP contribution in [0.1, 0.15) is 17.5 Å². The summed E-state index contributed by atoms with van der Waals surface area (Å²) in [6.07, 6.45) is 1.85. The molecule has 1 aliphatic carbocycles. The molecule has 0 saturated carbocycles. The Labute approximate surface area is 80.0 Å². The van der Waals surface area contributed by atoms with Crippen molar-refractivity contribution < 1.29 is 9.66 Å². The van der Waals surface area contributed by atoms with Gasteiger partial charge in [-0.05, 0) is 12.0 Å². The molecule has 0 N–H and O–H groups in total. The van der Waals surface area contributed by atoms with E-state index in [1.807, 2.05) is 6.07 Å². The fourth-order valence-electron chi connectivity index (χ4n) is 1.82. The van der Waals surface area contributed by atoms with Gasteiger partial charge in [0.25, 0.3) is 5.69 Å². The van der Waals surface area contributed by atoms with Crippen LogP contribution in [0, 0.1) is 10.1 Å². The lowest BCUT2D eigenvalue weighted by Crippen LogP contribution is -1.96. The Hall–Kier alpha value is -1.84. The Bertz CT molecular complexity index is 476. The molecule has 4 nitrogen and oxygen atoms in total. The first-order valence-electron chi connectivity index (χ1n) is 4.44. The predicted octanol–water partition coefficient (Wildman–Crippen LogP) is 2.24. The summed E-state index contributed by atoms with van der Waals surface area (Å²) < 4.78 is 5.25. The molecule has 0 bridgehead atoms. The molecule has 0 atom stereocenters. The van der Waals surface area contributed by atoms with Crippen LogP contribution >= 0.6 is 0 Å². The van der Waals surface area contributed by atoms with E-state index in [1.165, 1.54) is 0 Å². The van der Waals surface area contributed by atoms with E-state index >= 15 is 0 Å². The summed E-state index contributed by atoms with van der Waals surface area (Å²) >= 11 is 0. The molecule has 1 aromatic carbocycles. The van der Waals surface area contributed by atoms with Crippen LogP contribution in [0.4, 0.5) is 5.69 Å². The van der Waals surface area contributed by atoms with Crippen molar-refractivity contribution in [2.75, 3.05) is 0 Å². The number of benzene rings is 1. The van der Waals surface area contributed by atoms with Gasteiger partial charge in [-0.15, -0.1) is 0 Å². The molecular weight excluding hydrogens is 182 g/mol. The SMILES string of the molecule is O=[N+]([O-])c1ccc2c(c1)C1=C(CC2)O1. The molecule has 4 heteroatoms. The quantitative estimate of drug-likeness (QED) is 0.502. The maximum atomic E-state index is 10.6. The van der Waals surface area contributed by atoms with Crippen LogP contribution in [0.15, 0.2) is 24.0 Å².